The average Bonchev–Trinajstić information content (AvgIpc) is 3.11. The van der Waals surface area contributed by atoms with E-state index in [1.807, 2.05) is 27.0 Å². The Hall–Kier alpha value is -1.58. The van der Waals surface area contributed by atoms with Gasteiger partial charge >= 0.3 is 0 Å². The second-order valence-electron chi connectivity index (χ2n) is 5.49. The minimum Gasteiger partial charge on any atom is -0.384 e. The summed E-state index contributed by atoms with van der Waals surface area (Å²) >= 11 is 0. The Morgan fingerprint density at radius 2 is 2.17 bits per heavy atom. The number of nitrogens with zero attached hydrogens (tertiary/aromatic N) is 2. The summed E-state index contributed by atoms with van der Waals surface area (Å²) in [7, 11) is 1.85. The van der Waals surface area contributed by atoms with Crippen molar-refractivity contribution in [2.75, 3.05) is 19.3 Å². The number of pyridine rings is 1. The van der Waals surface area contributed by atoms with Gasteiger partial charge in [-0.15, -0.1) is 0 Å². The number of hydrogen-bond acceptors (Lipinski definition) is 3. The number of nitrogens with two attached hydrogens (primary N) is 1. The summed E-state index contributed by atoms with van der Waals surface area (Å²) in [6, 6.07) is 3.52. The fourth-order valence-corrected chi connectivity index (χ4v) is 1.98. The third-order valence-corrected chi connectivity index (χ3v) is 3.28. The van der Waals surface area contributed by atoms with Crippen molar-refractivity contribution in [1.82, 2.24) is 9.88 Å². The van der Waals surface area contributed by atoms with E-state index in [4.69, 9.17) is 5.73 Å². The SMILES string of the molecule is CC(C)c1cc(C(=O)N(C)CC2CC2)cc(N)n1. The smallest absolute Gasteiger partial charge is 0.253 e. The maximum Gasteiger partial charge on any atom is 0.253 e. The lowest BCUT2D eigenvalue weighted by molar-refractivity contribution is 0.0788. The van der Waals surface area contributed by atoms with E-state index in [9.17, 15) is 4.79 Å². The van der Waals surface area contributed by atoms with E-state index >= 15 is 0 Å². The van der Waals surface area contributed by atoms with Crippen LogP contribution >= 0.6 is 0 Å². The van der Waals surface area contributed by atoms with Crippen molar-refractivity contribution in [3.63, 3.8) is 0 Å². The zero-order valence-corrected chi connectivity index (χ0v) is 11.3. The van der Waals surface area contributed by atoms with Gasteiger partial charge in [0.2, 0.25) is 0 Å². The Morgan fingerprint density at radius 3 is 2.72 bits per heavy atom. The molecule has 2 rings (SSSR count). The van der Waals surface area contributed by atoms with Crippen LogP contribution < -0.4 is 5.73 Å². The van der Waals surface area contributed by atoms with E-state index in [-0.39, 0.29) is 11.8 Å². The normalized spacial score (nSPS) is 14.9. The molecule has 0 aromatic carbocycles. The van der Waals surface area contributed by atoms with Crippen LogP contribution in [0.5, 0.6) is 0 Å². The van der Waals surface area contributed by atoms with Gasteiger partial charge in [0.15, 0.2) is 0 Å². The van der Waals surface area contributed by atoms with Gasteiger partial charge in [0, 0.05) is 24.8 Å². The van der Waals surface area contributed by atoms with E-state index < -0.39 is 0 Å². The van der Waals surface area contributed by atoms with Crippen molar-refractivity contribution in [3.05, 3.63) is 23.4 Å². The Morgan fingerprint density at radius 1 is 1.50 bits per heavy atom. The van der Waals surface area contributed by atoms with Crippen molar-refractivity contribution >= 4 is 11.7 Å². The minimum atomic E-state index is 0.0397. The van der Waals surface area contributed by atoms with Crippen LogP contribution in [-0.2, 0) is 0 Å². The Kier molecular flexibility index (Phi) is 3.55. The highest BCUT2D eigenvalue weighted by Gasteiger charge is 2.25. The van der Waals surface area contributed by atoms with E-state index in [0.717, 1.165) is 12.2 Å². The molecule has 1 aromatic heterocycles. The summed E-state index contributed by atoms with van der Waals surface area (Å²) in [5.41, 5.74) is 7.29. The number of carbonyl (C=O) groups is 1. The first-order chi connectivity index (χ1) is 8.47. The molecule has 1 saturated carbocycles. The van der Waals surface area contributed by atoms with Crippen LogP contribution in [0.25, 0.3) is 0 Å². The second kappa shape index (κ2) is 4.96. The molecule has 1 amide bonds. The molecule has 4 heteroatoms. The van der Waals surface area contributed by atoms with Crippen LogP contribution in [0.2, 0.25) is 0 Å². The molecule has 0 atom stereocenters. The van der Waals surface area contributed by atoms with Crippen LogP contribution in [0.15, 0.2) is 12.1 Å². The van der Waals surface area contributed by atoms with Gasteiger partial charge in [0.1, 0.15) is 5.82 Å². The first kappa shape index (κ1) is 12.9. The molecule has 0 unspecified atom stereocenters. The molecule has 0 aliphatic heterocycles. The van der Waals surface area contributed by atoms with Gasteiger partial charge in [-0.1, -0.05) is 13.8 Å². The first-order valence-corrected chi connectivity index (χ1v) is 6.50. The third-order valence-electron chi connectivity index (χ3n) is 3.28. The zero-order chi connectivity index (χ0) is 13.3. The second-order valence-corrected chi connectivity index (χ2v) is 5.49. The number of aromatic nitrogens is 1. The maximum atomic E-state index is 12.3. The zero-order valence-electron chi connectivity index (χ0n) is 11.3. The fourth-order valence-electron chi connectivity index (χ4n) is 1.98. The lowest BCUT2D eigenvalue weighted by atomic mass is 10.1. The molecule has 0 radical (unpaired) electrons. The van der Waals surface area contributed by atoms with Gasteiger partial charge in [-0.05, 0) is 36.8 Å². The Balaban J connectivity index is 2.17. The number of carbonyl (C=O) groups excluding carboxylic acids is 1. The molecule has 0 bridgehead atoms. The highest BCUT2D eigenvalue weighted by molar-refractivity contribution is 5.94. The van der Waals surface area contributed by atoms with E-state index in [2.05, 4.69) is 4.98 Å². The van der Waals surface area contributed by atoms with Crippen molar-refractivity contribution in [3.8, 4) is 0 Å². The molecule has 2 N–H and O–H groups in total. The lowest BCUT2D eigenvalue weighted by Crippen LogP contribution is -2.29. The van der Waals surface area contributed by atoms with Crippen molar-refractivity contribution in [2.24, 2.45) is 5.92 Å². The molecule has 1 aromatic rings. The van der Waals surface area contributed by atoms with E-state index in [1.165, 1.54) is 12.8 Å². The maximum absolute atomic E-state index is 12.3. The summed E-state index contributed by atoms with van der Waals surface area (Å²) in [6.45, 7) is 4.94. The first-order valence-electron chi connectivity index (χ1n) is 6.50. The van der Waals surface area contributed by atoms with Crippen LogP contribution in [0.3, 0.4) is 0 Å². The molecule has 4 nitrogen and oxygen atoms in total. The molecule has 1 fully saturated rings. The fraction of sp³-hybridized carbons (Fsp3) is 0.571. The summed E-state index contributed by atoms with van der Waals surface area (Å²) in [5.74, 6) is 1.43. The Bertz CT molecular complexity index is 452. The number of nitrogen functional groups attached to an aromatic ring is 1. The summed E-state index contributed by atoms with van der Waals surface area (Å²) in [4.78, 5) is 18.3. The third kappa shape index (κ3) is 3.00. The van der Waals surface area contributed by atoms with Gasteiger partial charge in [-0.3, -0.25) is 4.79 Å². The molecule has 18 heavy (non-hydrogen) atoms. The van der Waals surface area contributed by atoms with Crippen molar-refractivity contribution < 1.29 is 4.79 Å². The van der Waals surface area contributed by atoms with Crippen LogP contribution in [-0.4, -0.2) is 29.4 Å². The predicted molar refractivity (Wildman–Crippen MR) is 72.4 cm³/mol. The van der Waals surface area contributed by atoms with Crippen LogP contribution in [0.1, 0.15) is 48.7 Å². The van der Waals surface area contributed by atoms with Gasteiger partial charge in [0.05, 0.1) is 0 Å². The van der Waals surface area contributed by atoms with Gasteiger partial charge in [-0.25, -0.2) is 4.98 Å². The van der Waals surface area contributed by atoms with Crippen LogP contribution in [0.4, 0.5) is 5.82 Å². The van der Waals surface area contributed by atoms with Crippen molar-refractivity contribution in [2.45, 2.75) is 32.6 Å². The van der Waals surface area contributed by atoms with E-state index in [0.29, 0.717) is 17.3 Å². The number of hydrogen-bond donors (Lipinski definition) is 1. The lowest BCUT2D eigenvalue weighted by Gasteiger charge is -2.18. The standard InChI is InChI=1S/C14H21N3O/c1-9(2)12-6-11(7-13(15)16-12)14(18)17(3)8-10-4-5-10/h6-7,9-10H,4-5,8H2,1-3H3,(H2,15,16). The monoisotopic (exact) mass is 247 g/mol. The molecule has 98 valence electrons. The molecular weight excluding hydrogens is 226 g/mol. The average molecular weight is 247 g/mol. The quantitative estimate of drug-likeness (QED) is 0.888. The number of rotatable bonds is 4. The summed E-state index contributed by atoms with van der Waals surface area (Å²) in [6.07, 6.45) is 2.49. The van der Waals surface area contributed by atoms with E-state index in [1.54, 1.807) is 11.0 Å². The molecular formula is C14H21N3O. The van der Waals surface area contributed by atoms with Crippen molar-refractivity contribution in [1.29, 1.82) is 0 Å². The number of anilines is 1. The molecule has 0 saturated heterocycles. The molecule has 1 heterocycles. The highest BCUT2D eigenvalue weighted by atomic mass is 16.2. The molecule has 1 aliphatic rings. The summed E-state index contributed by atoms with van der Waals surface area (Å²) in [5, 5.41) is 0. The Labute approximate surface area is 108 Å². The summed E-state index contributed by atoms with van der Waals surface area (Å²) < 4.78 is 0. The van der Waals surface area contributed by atoms with Gasteiger partial charge < -0.3 is 10.6 Å². The van der Waals surface area contributed by atoms with Crippen LogP contribution in [0, 0.1) is 5.92 Å². The molecule has 1 aliphatic carbocycles. The van der Waals surface area contributed by atoms with Gasteiger partial charge in [-0.2, -0.15) is 0 Å². The number of amides is 1. The predicted octanol–water partition coefficient (Wildman–Crippen LogP) is 2.27. The van der Waals surface area contributed by atoms with Gasteiger partial charge in [0.25, 0.3) is 5.91 Å². The highest BCUT2D eigenvalue weighted by Crippen LogP contribution is 2.29. The largest absolute Gasteiger partial charge is 0.384 e. The topological polar surface area (TPSA) is 59.2 Å². The molecule has 0 spiro atoms. The minimum absolute atomic E-state index is 0.0397.